The van der Waals surface area contributed by atoms with Crippen molar-refractivity contribution in [2.24, 2.45) is 5.73 Å². The molecule has 3 aromatic rings. The topological polar surface area (TPSA) is 51.8 Å². The minimum absolute atomic E-state index is 0.234. The quantitative estimate of drug-likeness (QED) is 0.793. The minimum Gasteiger partial charge on any atom is -0.330 e. The number of rotatable bonds is 3. The standard InChI is InChI=1S/C16H14FN3/c17-15-6-5-14(12-3-1-2-4-13(12)15)16-19-10-8-11(20-16)7-9-18/h1-6,8,10H,7,9,18H2. The van der Waals surface area contributed by atoms with Crippen LogP contribution in [0.1, 0.15) is 5.69 Å². The number of benzene rings is 2. The molecule has 4 heteroatoms. The molecule has 100 valence electrons. The van der Waals surface area contributed by atoms with Crippen molar-refractivity contribution in [3.63, 3.8) is 0 Å². The Morgan fingerprint density at radius 1 is 1.00 bits per heavy atom. The zero-order valence-corrected chi connectivity index (χ0v) is 10.9. The van der Waals surface area contributed by atoms with Crippen LogP contribution in [0.4, 0.5) is 4.39 Å². The van der Waals surface area contributed by atoms with E-state index in [2.05, 4.69) is 9.97 Å². The Morgan fingerprint density at radius 3 is 2.60 bits per heavy atom. The summed E-state index contributed by atoms with van der Waals surface area (Å²) in [7, 11) is 0. The van der Waals surface area contributed by atoms with E-state index in [9.17, 15) is 4.39 Å². The predicted octanol–water partition coefficient (Wildman–Crippen LogP) is 2.94. The Kier molecular flexibility index (Phi) is 3.39. The van der Waals surface area contributed by atoms with Crippen molar-refractivity contribution in [2.75, 3.05) is 6.54 Å². The minimum atomic E-state index is -0.234. The van der Waals surface area contributed by atoms with Gasteiger partial charge >= 0.3 is 0 Å². The van der Waals surface area contributed by atoms with E-state index < -0.39 is 0 Å². The molecule has 0 radical (unpaired) electrons. The van der Waals surface area contributed by atoms with Gasteiger partial charge in [0.25, 0.3) is 0 Å². The van der Waals surface area contributed by atoms with Crippen LogP contribution in [0.3, 0.4) is 0 Å². The SMILES string of the molecule is NCCc1ccnc(-c2ccc(F)c3ccccc23)n1. The fourth-order valence-corrected chi connectivity index (χ4v) is 2.27. The molecule has 0 aliphatic rings. The summed E-state index contributed by atoms with van der Waals surface area (Å²) in [6.07, 6.45) is 2.42. The second kappa shape index (κ2) is 5.35. The summed E-state index contributed by atoms with van der Waals surface area (Å²) in [6.45, 7) is 0.542. The third-order valence-corrected chi connectivity index (χ3v) is 3.23. The number of halogens is 1. The zero-order chi connectivity index (χ0) is 13.9. The van der Waals surface area contributed by atoms with Gasteiger partial charge in [-0.05, 0) is 30.1 Å². The first-order chi connectivity index (χ1) is 9.79. The monoisotopic (exact) mass is 267 g/mol. The van der Waals surface area contributed by atoms with Crippen LogP contribution in [0.15, 0.2) is 48.7 Å². The second-order valence-corrected chi connectivity index (χ2v) is 4.55. The van der Waals surface area contributed by atoms with E-state index in [0.29, 0.717) is 24.2 Å². The van der Waals surface area contributed by atoms with E-state index in [4.69, 9.17) is 5.73 Å². The number of nitrogens with two attached hydrogens (primary N) is 1. The van der Waals surface area contributed by atoms with E-state index in [0.717, 1.165) is 16.6 Å². The first kappa shape index (κ1) is 12.7. The molecule has 0 saturated heterocycles. The molecular weight excluding hydrogens is 253 g/mol. The number of hydrogen-bond donors (Lipinski definition) is 1. The largest absolute Gasteiger partial charge is 0.330 e. The van der Waals surface area contributed by atoms with Crippen LogP contribution in [-0.2, 0) is 6.42 Å². The normalized spacial score (nSPS) is 10.9. The summed E-state index contributed by atoms with van der Waals surface area (Å²) in [5.41, 5.74) is 7.28. The molecule has 0 spiro atoms. The molecule has 2 aromatic carbocycles. The van der Waals surface area contributed by atoms with Crippen molar-refractivity contribution < 1.29 is 4.39 Å². The Labute approximate surface area is 116 Å². The Morgan fingerprint density at radius 2 is 1.80 bits per heavy atom. The molecule has 0 saturated carbocycles. The third kappa shape index (κ3) is 2.26. The summed E-state index contributed by atoms with van der Waals surface area (Å²) in [5.74, 6) is 0.370. The molecule has 0 amide bonds. The molecular formula is C16H14FN3. The van der Waals surface area contributed by atoms with Gasteiger partial charge in [0.05, 0.1) is 0 Å². The van der Waals surface area contributed by atoms with Gasteiger partial charge in [0, 0.05) is 29.3 Å². The van der Waals surface area contributed by atoms with Crippen LogP contribution in [0.2, 0.25) is 0 Å². The van der Waals surface area contributed by atoms with Crippen molar-refractivity contribution in [2.45, 2.75) is 6.42 Å². The second-order valence-electron chi connectivity index (χ2n) is 4.55. The Bertz CT molecular complexity index is 756. The van der Waals surface area contributed by atoms with Crippen LogP contribution in [-0.4, -0.2) is 16.5 Å². The van der Waals surface area contributed by atoms with Crippen molar-refractivity contribution in [3.8, 4) is 11.4 Å². The maximum atomic E-state index is 13.8. The molecule has 3 nitrogen and oxygen atoms in total. The summed E-state index contributed by atoms with van der Waals surface area (Å²) in [4.78, 5) is 8.80. The van der Waals surface area contributed by atoms with E-state index in [1.54, 1.807) is 18.3 Å². The fraction of sp³-hybridized carbons (Fsp3) is 0.125. The summed E-state index contributed by atoms with van der Waals surface area (Å²) < 4.78 is 13.8. The number of aromatic nitrogens is 2. The van der Waals surface area contributed by atoms with E-state index in [1.165, 1.54) is 6.07 Å². The smallest absolute Gasteiger partial charge is 0.159 e. The highest BCUT2D eigenvalue weighted by Crippen LogP contribution is 2.28. The average Bonchev–Trinajstić information content (AvgIpc) is 2.49. The van der Waals surface area contributed by atoms with Gasteiger partial charge in [-0.25, -0.2) is 14.4 Å². The summed E-state index contributed by atoms with van der Waals surface area (Å²) >= 11 is 0. The Hall–Kier alpha value is -2.33. The van der Waals surface area contributed by atoms with Crippen LogP contribution in [0, 0.1) is 5.82 Å². The fourth-order valence-electron chi connectivity index (χ4n) is 2.27. The van der Waals surface area contributed by atoms with Gasteiger partial charge in [-0.3, -0.25) is 0 Å². The van der Waals surface area contributed by atoms with Crippen molar-refractivity contribution >= 4 is 10.8 Å². The lowest BCUT2D eigenvalue weighted by atomic mass is 10.0. The number of nitrogens with zero attached hydrogens (tertiary/aromatic N) is 2. The van der Waals surface area contributed by atoms with E-state index in [1.807, 2.05) is 24.3 Å². The van der Waals surface area contributed by atoms with Crippen molar-refractivity contribution in [1.29, 1.82) is 0 Å². The maximum Gasteiger partial charge on any atom is 0.159 e. The molecule has 1 heterocycles. The highest BCUT2D eigenvalue weighted by atomic mass is 19.1. The lowest BCUT2D eigenvalue weighted by Crippen LogP contribution is -2.05. The van der Waals surface area contributed by atoms with Crippen LogP contribution in [0.25, 0.3) is 22.2 Å². The van der Waals surface area contributed by atoms with Gasteiger partial charge in [0.15, 0.2) is 5.82 Å². The molecule has 0 atom stereocenters. The van der Waals surface area contributed by atoms with E-state index in [-0.39, 0.29) is 5.82 Å². The molecule has 0 aliphatic carbocycles. The molecule has 1 aromatic heterocycles. The molecule has 3 rings (SSSR count). The highest BCUT2D eigenvalue weighted by molar-refractivity contribution is 5.95. The van der Waals surface area contributed by atoms with Crippen LogP contribution in [0.5, 0.6) is 0 Å². The lowest BCUT2D eigenvalue weighted by molar-refractivity contribution is 0.640. The molecule has 2 N–H and O–H groups in total. The zero-order valence-electron chi connectivity index (χ0n) is 10.9. The average molecular weight is 267 g/mol. The molecule has 0 bridgehead atoms. The molecule has 0 fully saturated rings. The van der Waals surface area contributed by atoms with Crippen LogP contribution >= 0.6 is 0 Å². The van der Waals surface area contributed by atoms with Gasteiger partial charge in [-0.15, -0.1) is 0 Å². The Balaban J connectivity index is 2.19. The number of fused-ring (bicyclic) bond motifs is 1. The highest BCUT2D eigenvalue weighted by Gasteiger charge is 2.09. The van der Waals surface area contributed by atoms with E-state index >= 15 is 0 Å². The van der Waals surface area contributed by atoms with Crippen molar-refractivity contribution in [3.05, 3.63) is 60.2 Å². The molecule has 0 unspecified atom stereocenters. The van der Waals surface area contributed by atoms with Crippen LogP contribution < -0.4 is 5.73 Å². The summed E-state index contributed by atoms with van der Waals surface area (Å²) in [6, 6.07) is 12.4. The van der Waals surface area contributed by atoms with Crippen molar-refractivity contribution in [1.82, 2.24) is 9.97 Å². The summed E-state index contributed by atoms with van der Waals surface area (Å²) in [5, 5.41) is 1.40. The van der Waals surface area contributed by atoms with Gasteiger partial charge in [-0.2, -0.15) is 0 Å². The third-order valence-electron chi connectivity index (χ3n) is 3.23. The lowest BCUT2D eigenvalue weighted by Gasteiger charge is -2.07. The first-order valence-corrected chi connectivity index (χ1v) is 6.49. The van der Waals surface area contributed by atoms with Gasteiger partial charge < -0.3 is 5.73 Å². The van der Waals surface area contributed by atoms with Gasteiger partial charge in [0.2, 0.25) is 0 Å². The first-order valence-electron chi connectivity index (χ1n) is 6.49. The van der Waals surface area contributed by atoms with Gasteiger partial charge in [0.1, 0.15) is 5.82 Å². The van der Waals surface area contributed by atoms with Gasteiger partial charge in [-0.1, -0.05) is 24.3 Å². The predicted molar refractivity (Wildman–Crippen MR) is 77.7 cm³/mol. The number of hydrogen-bond acceptors (Lipinski definition) is 3. The maximum absolute atomic E-state index is 13.8. The molecule has 0 aliphatic heterocycles. The molecule has 20 heavy (non-hydrogen) atoms.